The van der Waals surface area contributed by atoms with Gasteiger partial charge in [-0.2, -0.15) is 0 Å². The van der Waals surface area contributed by atoms with E-state index in [9.17, 15) is 0 Å². The Balaban J connectivity index is 1.48. The number of hydrogen-bond donors (Lipinski definition) is 0. The summed E-state index contributed by atoms with van der Waals surface area (Å²) in [5.74, 6) is 0.792. The Bertz CT molecular complexity index is 1210. The molecule has 5 rings (SSSR count). The SMILES string of the molecule is COc1ccc(C(OC[C@H]2O[C@H](OC)C[C@@H]2OCc2ccccc2)(c2ccccc2)c2ccccc2)cc1. The van der Waals surface area contributed by atoms with Crippen molar-refractivity contribution in [1.29, 1.82) is 0 Å². The van der Waals surface area contributed by atoms with Crippen LogP contribution in [0.15, 0.2) is 115 Å². The molecule has 1 saturated heterocycles. The second kappa shape index (κ2) is 12.4. The summed E-state index contributed by atoms with van der Waals surface area (Å²) in [7, 11) is 3.34. The van der Waals surface area contributed by atoms with Gasteiger partial charge < -0.3 is 23.7 Å². The van der Waals surface area contributed by atoms with E-state index in [1.54, 1.807) is 14.2 Å². The van der Waals surface area contributed by atoms with Gasteiger partial charge in [-0.1, -0.05) is 103 Å². The van der Waals surface area contributed by atoms with Crippen molar-refractivity contribution in [2.45, 2.75) is 37.1 Å². The maximum atomic E-state index is 7.02. The van der Waals surface area contributed by atoms with Gasteiger partial charge >= 0.3 is 0 Å². The molecule has 4 aromatic carbocycles. The van der Waals surface area contributed by atoms with Crippen molar-refractivity contribution in [3.8, 4) is 5.75 Å². The zero-order valence-electron chi connectivity index (χ0n) is 21.9. The van der Waals surface area contributed by atoms with Gasteiger partial charge in [0.2, 0.25) is 0 Å². The third kappa shape index (κ3) is 5.66. The summed E-state index contributed by atoms with van der Waals surface area (Å²) in [6.45, 7) is 0.817. The molecule has 5 nitrogen and oxygen atoms in total. The van der Waals surface area contributed by atoms with Gasteiger partial charge in [-0.05, 0) is 34.4 Å². The zero-order valence-corrected chi connectivity index (χ0v) is 21.9. The van der Waals surface area contributed by atoms with Crippen LogP contribution in [0.1, 0.15) is 28.7 Å². The molecule has 3 atom stereocenters. The average Bonchev–Trinajstić information content (AvgIpc) is 3.40. The van der Waals surface area contributed by atoms with Gasteiger partial charge in [0, 0.05) is 13.5 Å². The summed E-state index contributed by atoms with van der Waals surface area (Å²) in [5.41, 5.74) is 3.31. The topological polar surface area (TPSA) is 46.2 Å². The minimum absolute atomic E-state index is 0.166. The Kier molecular flexibility index (Phi) is 8.51. The van der Waals surface area contributed by atoms with Crippen LogP contribution >= 0.6 is 0 Å². The fourth-order valence-electron chi connectivity index (χ4n) is 5.06. The van der Waals surface area contributed by atoms with Crippen LogP contribution in [0, 0.1) is 0 Å². The molecular weight excluding hydrogens is 476 g/mol. The van der Waals surface area contributed by atoms with Crippen LogP contribution in [0.2, 0.25) is 0 Å². The first-order chi connectivity index (χ1) is 18.7. The first-order valence-electron chi connectivity index (χ1n) is 13.0. The third-order valence-corrected chi connectivity index (χ3v) is 7.06. The highest BCUT2D eigenvalue weighted by Crippen LogP contribution is 2.42. The quantitative estimate of drug-likeness (QED) is 0.220. The van der Waals surface area contributed by atoms with E-state index < -0.39 is 5.60 Å². The van der Waals surface area contributed by atoms with Crippen LogP contribution in [0.3, 0.4) is 0 Å². The minimum Gasteiger partial charge on any atom is -0.497 e. The van der Waals surface area contributed by atoms with E-state index in [2.05, 4.69) is 48.5 Å². The lowest BCUT2D eigenvalue weighted by atomic mass is 9.80. The fraction of sp³-hybridized carbons (Fsp3) is 0.273. The van der Waals surface area contributed by atoms with Crippen molar-refractivity contribution < 1.29 is 23.7 Å². The number of benzene rings is 4. The normalized spacial score (nSPS) is 19.4. The molecule has 0 saturated carbocycles. The molecule has 0 spiro atoms. The Hall–Kier alpha value is -3.48. The first kappa shape index (κ1) is 26.1. The average molecular weight is 511 g/mol. The largest absolute Gasteiger partial charge is 0.497 e. The minimum atomic E-state index is -0.868. The molecule has 0 aromatic heterocycles. The van der Waals surface area contributed by atoms with Crippen molar-refractivity contribution in [3.63, 3.8) is 0 Å². The smallest absolute Gasteiger partial charge is 0.160 e. The molecule has 0 unspecified atom stereocenters. The maximum absolute atomic E-state index is 7.02. The lowest BCUT2D eigenvalue weighted by molar-refractivity contribution is -0.148. The highest BCUT2D eigenvalue weighted by atomic mass is 16.7. The van der Waals surface area contributed by atoms with Crippen molar-refractivity contribution in [1.82, 2.24) is 0 Å². The summed E-state index contributed by atoms with van der Waals surface area (Å²) in [6.07, 6.45) is -0.161. The van der Waals surface area contributed by atoms with E-state index in [1.165, 1.54) is 0 Å². The Morgan fingerprint density at radius 3 is 1.82 bits per heavy atom. The lowest BCUT2D eigenvalue weighted by Crippen LogP contribution is -2.38. The molecular formula is C33H34O5. The molecule has 4 aromatic rings. The highest BCUT2D eigenvalue weighted by molar-refractivity contribution is 5.48. The summed E-state index contributed by atoms with van der Waals surface area (Å²) in [4.78, 5) is 0. The van der Waals surface area contributed by atoms with E-state index >= 15 is 0 Å². The van der Waals surface area contributed by atoms with Crippen LogP contribution < -0.4 is 4.74 Å². The molecule has 0 bridgehead atoms. The van der Waals surface area contributed by atoms with Crippen molar-refractivity contribution in [2.24, 2.45) is 0 Å². The first-order valence-corrected chi connectivity index (χ1v) is 13.0. The molecule has 1 heterocycles. The zero-order chi connectivity index (χ0) is 26.2. The molecule has 1 aliphatic rings. The highest BCUT2D eigenvalue weighted by Gasteiger charge is 2.42. The summed E-state index contributed by atoms with van der Waals surface area (Å²) in [5, 5.41) is 0. The van der Waals surface area contributed by atoms with E-state index in [4.69, 9.17) is 23.7 Å². The van der Waals surface area contributed by atoms with Crippen LogP contribution in [-0.4, -0.2) is 39.3 Å². The van der Waals surface area contributed by atoms with Crippen LogP contribution in [-0.2, 0) is 31.2 Å². The molecule has 196 valence electrons. The number of methoxy groups -OCH3 is 2. The van der Waals surface area contributed by atoms with Crippen LogP contribution in [0.4, 0.5) is 0 Å². The Morgan fingerprint density at radius 1 is 0.711 bits per heavy atom. The number of ether oxygens (including phenoxy) is 5. The standard InChI is InChI=1S/C33H34O5/c1-34-29-20-18-28(19-21-29)33(26-14-8-4-9-15-26,27-16-10-5-11-17-27)37-24-31-30(22-32(35-2)38-31)36-23-25-12-6-3-7-13-25/h3-21,30-32H,22-24H2,1-2H3/t30-,31+,32-/m0/s1. The predicted molar refractivity (Wildman–Crippen MR) is 147 cm³/mol. The van der Waals surface area contributed by atoms with Gasteiger partial charge in [0.1, 0.15) is 17.5 Å². The molecule has 0 aliphatic carbocycles. The predicted octanol–water partition coefficient (Wildman–Crippen LogP) is 6.35. The lowest BCUT2D eigenvalue weighted by Gasteiger charge is -2.37. The van der Waals surface area contributed by atoms with Gasteiger partial charge in [-0.25, -0.2) is 0 Å². The monoisotopic (exact) mass is 510 g/mol. The van der Waals surface area contributed by atoms with Gasteiger partial charge in [0.05, 0.1) is 26.4 Å². The molecule has 1 fully saturated rings. The summed E-state index contributed by atoms with van der Waals surface area (Å²) < 4.78 is 30.6. The van der Waals surface area contributed by atoms with Gasteiger partial charge in [-0.15, -0.1) is 0 Å². The number of hydrogen-bond acceptors (Lipinski definition) is 5. The summed E-state index contributed by atoms with van der Waals surface area (Å²) >= 11 is 0. The van der Waals surface area contributed by atoms with E-state index in [0.717, 1.165) is 28.0 Å². The van der Waals surface area contributed by atoms with Crippen molar-refractivity contribution in [3.05, 3.63) is 138 Å². The molecule has 0 N–H and O–H groups in total. The van der Waals surface area contributed by atoms with Gasteiger partial charge in [0.15, 0.2) is 6.29 Å². The summed E-state index contributed by atoms with van der Waals surface area (Å²) in [6, 6.07) is 38.9. The van der Waals surface area contributed by atoms with Gasteiger partial charge in [-0.3, -0.25) is 0 Å². The molecule has 0 radical (unpaired) electrons. The Labute approximate surface area is 224 Å². The second-order valence-corrected chi connectivity index (χ2v) is 9.36. The van der Waals surface area contributed by atoms with Gasteiger partial charge in [0.25, 0.3) is 0 Å². The molecule has 5 heteroatoms. The molecule has 38 heavy (non-hydrogen) atoms. The van der Waals surface area contributed by atoms with Crippen LogP contribution in [0.25, 0.3) is 0 Å². The van der Waals surface area contributed by atoms with Crippen LogP contribution in [0.5, 0.6) is 5.75 Å². The van der Waals surface area contributed by atoms with E-state index in [-0.39, 0.29) is 18.5 Å². The van der Waals surface area contributed by atoms with E-state index in [1.807, 2.05) is 66.7 Å². The van der Waals surface area contributed by atoms with E-state index in [0.29, 0.717) is 19.6 Å². The fourth-order valence-corrected chi connectivity index (χ4v) is 5.06. The van der Waals surface area contributed by atoms with Crippen molar-refractivity contribution >= 4 is 0 Å². The molecule has 1 aliphatic heterocycles. The third-order valence-electron chi connectivity index (χ3n) is 7.06. The maximum Gasteiger partial charge on any atom is 0.160 e. The Morgan fingerprint density at radius 2 is 1.26 bits per heavy atom. The second-order valence-electron chi connectivity index (χ2n) is 9.36. The van der Waals surface area contributed by atoms with Crippen molar-refractivity contribution in [2.75, 3.05) is 20.8 Å². The molecule has 0 amide bonds. The number of rotatable bonds is 11.